The van der Waals surface area contributed by atoms with Gasteiger partial charge in [-0.05, 0) is 43.2 Å². The molecule has 1 unspecified atom stereocenters. The number of halogens is 1. The number of hydrogen-bond acceptors (Lipinski definition) is 2. The van der Waals surface area contributed by atoms with Gasteiger partial charge in [0, 0.05) is 12.8 Å². The zero-order valence-electron chi connectivity index (χ0n) is 13.6. The fourth-order valence-corrected chi connectivity index (χ4v) is 2.69. The van der Waals surface area contributed by atoms with Crippen molar-refractivity contribution in [3.63, 3.8) is 0 Å². The van der Waals surface area contributed by atoms with Crippen molar-refractivity contribution in [2.75, 3.05) is 0 Å². The molecular weight excluding hydrogens is 305 g/mol. The Bertz CT molecular complexity index is 793. The third kappa shape index (κ3) is 3.98. The topological polar surface area (TPSA) is 57.8 Å². The van der Waals surface area contributed by atoms with Gasteiger partial charge in [-0.15, -0.1) is 0 Å². The minimum atomic E-state index is -0.275. The molecule has 124 valence electrons. The molecule has 1 aromatic heterocycles. The first-order chi connectivity index (χ1) is 11.6. The van der Waals surface area contributed by atoms with Gasteiger partial charge in [0.2, 0.25) is 5.91 Å². The number of aromatic amines is 1. The average molecular weight is 325 g/mol. The van der Waals surface area contributed by atoms with Crippen molar-refractivity contribution in [2.24, 2.45) is 0 Å². The number of para-hydroxylation sites is 2. The molecule has 4 nitrogen and oxygen atoms in total. The molecule has 1 amide bonds. The highest BCUT2D eigenvalue weighted by Gasteiger charge is 2.10. The van der Waals surface area contributed by atoms with E-state index in [9.17, 15) is 9.18 Å². The van der Waals surface area contributed by atoms with Gasteiger partial charge in [-0.2, -0.15) is 0 Å². The maximum absolute atomic E-state index is 12.9. The molecule has 0 bridgehead atoms. The number of amides is 1. The first-order valence-corrected chi connectivity index (χ1v) is 8.10. The van der Waals surface area contributed by atoms with E-state index in [-0.39, 0.29) is 17.8 Å². The van der Waals surface area contributed by atoms with Gasteiger partial charge in [0.25, 0.3) is 0 Å². The Balaban J connectivity index is 1.47. The van der Waals surface area contributed by atoms with Gasteiger partial charge >= 0.3 is 0 Å². The van der Waals surface area contributed by atoms with Gasteiger partial charge in [-0.3, -0.25) is 4.79 Å². The Morgan fingerprint density at radius 2 is 1.96 bits per heavy atom. The molecule has 2 N–H and O–H groups in total. The maximum atomic E-state index is 12.9. The molecule has 0 spiro atoms. The van der Waals surface area contributed by atoms with Crippen molar-refractivity contribution < 1.29 is 9.18 Å². The van der Waals surface area contributed by atoms with Gasteiger partial charge in [-0.25, -0.2) is 9.37 Å². The summed E-state index contributed by atoms with van der Waals surface area (Å²) in [5, 5.41) is 2.94. The summed E-state index contributed by atoms with van der Waals surface area (Å²) < 4.78 is 12.9. The van der Waals surface area contributed by atoms with E-state index < -0.39 is 0 Å². The van der Waals surface area contributed by atoms with Crippen LogP contribution in [0, 0.1) is 5.82 Å². The van der Waals surface area contributed by atoms with Crippen molar-refractivity contribution in [3.8, 4) is 0 Å². The largest absolute Gasteiger partial charge is 0.350 e. The van der Waals surface area contributed by atoms with Gasteiger partial charge in [0.05, 0.1) is 17.1 Å². The molecule has 3 aromatic rings. The van der Waals surface area contributed by atoms with Crippen molar-refractivity contribution in [1.29, 1.82) is 0 Å². The van der Waals surface area contributed by atoms with Crippen LogP contribution in [-0.4, -0.2) is 15.9 Å². The lowest BCUT2D eigenvalue weighted by Crippen LogP contribution is -2.26. The molecule has 24 heavy (non-hydrogen) atoms. The number of imidazole rings is 1. The SMILES string of the molecule is CC(NC(=O)CCCc1nc2ccccc2[nH]1)c1ccc(F)cc1. The summed E-state index contributed by atoms with van der Waals surface area (Å²) >= 11 is 0. The molecule has 0 saturated carbocycles. The Morgan fingerprint density at radius 1 is 1.21 bits per heavy atom. The molecule has 2 aromatic carbocycles. The Labute approximate surface area is 140 Å². The number of carbonyl (C=O) groups is 1. The quantitative estimate of drug-likeness (QED) is 0.722. The van der Waals surface area contributed by atoms with Gasteiger partial charge in [0.1, 0.15) is 11.6 Å². The van der Waals surface area contributed by atoms with Crippen LogP contribution in [0.15, 0.2) is 48.5 Å². The fraction of sp³-hybridized carbons (Fsp3) is 0.263. The van der Waals surface area contributed by atoms with E-state index in [2.05, 4.69) is 15.3 Å². The smallest absolute Gasteiger partial charge is 0.220 e. The summed E-state index contributed by atoms with van der Waals surface area (Å²) in [7, 11) is 0. The standard InChI is InChI=1S/C19H20FN3O/c1-13(14-9-11-15(20)12-10-14)21-19(24)8-4-7-18-22-16-5-2-3-6-17(16)23-18/h2-3,5-6,9-13H,4,7-8H2,1H3,(H,21,24)(H,22,23). The van der Waals surface area contributed by atoms with Crippen LogP contribution in [0.2, 0.25) is 0 Å². The highest BCUT2D eigenvalue weighted by Crippen LogP contribution is 2.14. The van der Waals surface area contributed by atoms with Crippen LogP contribution in [0.5, 0.6) is 0 Å². The van der Waals surface area contributed by atoms with E-state index in [1.54, 1.807) is 12.1 Å². The normalized spacial score (nSPS) is 12.2. The average Bonchev–Trinajstić information content (AvgIpc) is 2.98. The Kier molecular flexibility index (Phi) is 4.89. The van der Waals surface area contributed by atoms with Crippen LogP contribution >= 0.6 is 0 Å². The number of carbonyl (C=O) groups excluding carboxylic acids is 1. The molecule has 0 fully saturated rings. The first-order valence-electron chi connectivity index (χ1n) is 8.10. The van der Waals surface area contributed by atoms with Crippen LogP contribution in [-0.2, 0) is 11.2 Å². The third-order valence-corrected chi connectivity index (χ3v) is 4.00. The lowest BCUT2D eigenvalue weighted by molar-refractivity contribution is -0.121. The van der Waals surface area contributed by atoms with Gasteiger partial charge in [0.15, 0.2) is 0 Å². The first kappa shape index (κ1) is 16.2. The lowest BCUT2D eigenvalue weighted by Gasteiger charge is -2.14. The molecule has 5 heteroatoms. The molecule has 0 aliphatic rings. The summed E-state index contributed by atoms with van der Waals surface area (Å²) in [5.41, 5.74) is 2.85. The number of hydrogen-bond donors (Lipinski definition) is 2. The second-order valence-electron chi connectivity index (χ2n) is 5.89. The van der Waals surface area contributed by atoms with Crippen molar-refractivity contribution in [1.82, 2.24) is 15.3 Å². The van der Waals surface area contributed by atoms with Crippen LogP contribution in [0.25, 0.3) is 11.0 Å². The van der Waals surface area contributed by atoms with E-state index in [4.69, 9.17) is 0 Å². The molecule has 3 rings (SSSR count). The number of H-pyrrole nitrogens is 1. The van der Waals surface area contributed by atoms with Crippen molar-refractivity contribution in [3.05, 3.63) is 65.7 Å². The van der Waals surface area contributed by atoms with Crippen LogP contribution in [0.3, 0.4) is 0 Å². The van der Waals surface area contributed by atoms with Crippen LogP contribution in [0.4, 0.5) is 4.39 Å². The monoisotopic (exact) mass is 325 g/mol. The van der Waals surface area contributed by atoms with Gasteiger partial charge < -0.3 is 10.3 Å². The molecule has 1 atom stereocenters. The minimum absolute atomic E-state index is 0.0112. The van der Waals surface area contributed by atoms with E-state index in [1.807, 2.05) is 31.2 Å². The van der Waals surface area contributed by atoms with Crippen LogP contribution in [0.1, 0.15) is 37.2 Å². The van der Waals surface area contributed by atoms with E-state index in [1.165, 1.54) is 12.1 Å². The summed E-state index contributed by atoms with van der Waals surface area (Å²) in [6.07, 6.45) is 1.89. The predicted octanol–water partition coefficient (Wildman–Crippen LogP) is 3.90. The second kappa shape index (κ2) is 7.25. The number of aromatic nitrogens is 2. The second-order valence-corrected chi connectivity index (χ2v) is 5.89. The van der Waals surface area contributed by atoms with Crippen LogP contribution < -0.4 is 5.32 Å². The zero-order valence-corrected chi connectivity index (χ0v) is 13.6. The Morgan fingerprint density at radius 3 is 2.71 bits per heavy atom. The lowest BCUT2D eigenvalue weighted by atomic mass is 10.1. The minimum Gasteiger partial charge on any atom is -0.350 e. The molecule has 0 radical (unpaired) electrons. The molecule has 0 aliphatic carbocycles. The molecule has 0 aliphatic heterocycles. The zero-order chi connectivity index (χ0) is 16.9. The fourth-order valence-electron chi connectivity index (χ4n) is 2.69. The molecule has 1 heterocycles. The highest BCUT2D eigenvalue weighted by molar-refractivity contribution is 5.76. The van der Waals surface area contributed by atoms with E-state index in [0.717, 1.165) is 35.3 Å². The van der Waals surface area contributed by atoms with Crippen molar-refractivity contribution in [2.45, 2.75) is 32.2 Å². The van der Waals surface area contributed by atoms with Crippen molar-refractivity contribution >= 4 is 16.9 Å². The van der Waals surface area contributed by atoms with Gasteiger partial charge in [-0.1, -0.05) is 24.3 Å². The number of nitrogens with zero attached hydrogens (tertiary/aromatic N) is 1. The molecule has 0 saturated heterocycles. The highest BCUT2D eigenvalue weighted by atomic mass is 19.1. The summed E-state index contributed by atoms with van der Waals surface area (Å²) in [5.74, 6) is 0.613. The number of rotatable bonds is 6. The maximum Gasteiger partial charge on any atom is 0.220 e. The van der Waals surface area contributed by atoms with E-state index in [0.29, 0.717) is 6.42 Å². The number of nitrogens with one attached hydrogen (secondary N) is 2. The number of aryl methyl sites for hydroxylation is 1. The predicted molar refractivity (Wildman–Crippen MR) is 92.0 cm³/mol. The number of fused-ring (bicyclic) bond motifs is 1. The summed E-state index contributed by atoms with van der Waals surface area (Å²) in [4.78, 5) is 19.8. The number of benzene rings is 2. The molecular formula is C19H20FN3O. The summed E-state index contributed by atoms with van der Waals surface area (Å²) in [6, 6.07) is 13.9. The third-order valence-electron chi connectivity index (χ3n) is 4.00. The summed E-state index contributed by atoms with van der Waals surface area (Å²) in [6.45, 7) is 1.89. The van der Waals surface area contributed by atoms with E-state index >= 15 is 0 Å². The Hall–Kier alpha value is -2.69.